The number of halogens is 1. The van der Waals surface area contributed by atoms with E-state index in [1.54, 1.807) is 0 Å². The number of carbonyl (C=O) groups excluding carboxylic acids is 1. The van der Waals surface area contributed by atoms with E-state index in [1.807, 2.05) is 31.2 Å². The van der Waals surface area contributed by atoms with Gasteiger partial charge in [0, 0.05) is 0 Å². The average molecular weight is 274 g/mol. The van der Waals surface area contributed by atoms with Crippen molar-refractivity contribution in [1.82, 2.24) is 0 Å². The van der Waals surface area contributed by atoms with Crippen molar-refractivity contribution in [1.29, 1.82) is 0 Å². The lowest BCUT2D eigenvalue weighted by Gasteiger charge is -2.09. The van der Waals surface area contributed by atoms with Crippen molar-refractivity contribution in [3.05, 3.63) is 59.9 Å². The molecule has 0 unspecified atom stereocenters. The van der Waals surface area contributed by atoms with Crippen LogP contribution in [-0.2, 0) is 11.2 Å². The Morgan fingerprint density at radius 3 is 2.50 bits per heavy atom. The summed E-state index contributed by atoms with van der Waals surface area (Å²) in [4.78, 5) is 11.6. The van der Waals surface area contributed by atoms with Gasteiger partial charge in [0.25, 0.3) is 0 Å². The van der Waals surface area contributed by atoms with Gasteiger partial charge < -0.3 is 9.47 Å². The molecule has 0 spiro atoms. The molecule has 0 aliphatic carbocycles. The fourth-order valence-corrected chi connectivity index (χ4v) is 1.74. The smallest absolute Gasteiger partial charge is 0.349 e. The molecule has 3 nitrogen and oxygen atoms in total. The molecule has 2 aromatic rings. The SMILES string of the molecule is CCc1ccccc1OCC(=O)Oc1ccc(F)cc1. The fraction of sp³-hybridized carbons (Fsp3) is 0.188. The summed E-state index contributed by atoms with van der Waals surface area (Å²) in [5.41, 5.74) is 1.03. The highest BCUT2D eigenvalue weighted by atomic mass is 19.1. The van der Waals surface area contributed by atoms with Gasteiger partial charge in [0.2, 0.25) is 0 Å². The van der Waals surface area contributed by atoms with Crippen LogP contribution in [0.1, 0.15) is 12.5 Å². The second kappa shape index (κ2) is 6.70. The van der Waals surface area contributed by atoms with Crippen LogP contribution in [0.3, 0.4) is 0 Å². The van der Waals surface area contributed by atoms with E-state index >= 15 is 0 Å². The second-order valence-corrected chi connectivity index (χ2v) is 4.18. The molecular weight excluding hydrogens is 259 g/mol. The summed E-state index contributed by atoms with van der Waals surface area (Å²) >= 11 is 0. The predicted octanol–water partition coefficient (Wildman–Crippen LogP) is 3.37. The number of rotatable bonds is 5. The lowest BCUT2D eigenvalue weighted by molar-refractivity contribution is -0.136. The predicted molar refractivity (Wildman–Crippen MR) is 73.4 cm³/mol. The molecule has 0 amide bonds. The number of para-hydroxylation sites is 1. The van der Waals surface area contributed by atoms with Crippen LogP contribution in [0.25, 0.3) is 0 Å². The van der Waals surface area contributed by atoms with Crippen molar-refractivity contribution in [3.63, 3.8) is 0 Å². The molecule has 2 rings (SSSR count). The van der Waals surface area contributed by atoms with E-state index in [2.05, 4.69) is 0 Å². The van der Waals surface area contributed by atoms with Crippen molar-refractivity contribution >= 4 is 5.97 Å². The summed E-state index contributed by atoms with van der Waals surface area (Å²) in [5.74, 6) is 0.0651. The van der Waals surface area contributed by atoms with Crippen LogP contribution < -0.4 is 9.47 Å². The lowest BCUT2D eigenvalue weighted by Crippen LogP contribution is -2.18. The standard InChI is InChI=1S/C16H15FO3/c1-2-12-5-3-4-6-15(12)19-11-16(18)20-14-9-7-13(17)8-10-14/h3-10H,2,11H2,1H3. The monoisotopic (exact) mass is 274 g/mol. The average Bonchev–Trinajstić information content (AvgIpc) is 2.48. The first-order chi connectivity index (χ1) is 9.69. The molecule has 0 saturated carbocycles. The first kappa shape index (κ1) is 14.1. The third-order valence-corrected chi connectivity index (χ3v) is 2.74. The summed E-state index contributed by atoms with van der Waals surface area (Å²) in [6.45, 7) is 1.83. The van der Waals surface area contributed by atoms with Crippen molar-refractivity contribution < 1.29 is 18.7 Å². The topological polar surface area (TPSA) is 35.5 Å². The maximum atomic E-state index is 12.7. The minimum Gasteiger partial charge on any atom is -0.482 e. The Bertz CT molecular complexity index is 579. The fourth-order valence-electron chi connectivity index (χ4n) is 1.74. The highest BCUT2D eigenvalue weighted by Crippen LogP contribution is 2.18. The number of hydrogen-bond donors (Lipinski definition) is 0. The largest absolute Gasteiger partial charge is 0.482 e. The van der Waals surface area contributed by atoms with Crippen LogP contribution in [-0.4, -0.2) is 12.6 Å². The number of esters is 1. The van der Waals surface area contributed by atoms with Crippen LogP contribution in [0, 0.1) is 5.82 Å². The highest BCUT2D eigenvalue weighted by Gasteiger charge is 2.08. The third-order valence-electron chi connectivity index (χ3n) is 2.74. The number of carbonyl (C=O) groups is 1. The molecule has 104 valence electrons. The van der Waals surface area contributed by atoms with Crippen molar-refractivity contribution in [2.24, 2.45) is 0 Å². The molecule has 20 heavy (non-hydrogen) atoms. The zero-order valence-electron chi connectivity index (χ0n) is 11.1. The van der Waals surface area contributed by atoms with Gasteiger partial charge in [0.05, 0.1) is 0 Å². The molecule has 0 aromatic heterocycles. The Balaban J connectivity index is 1.90. The van der Waals surface area contributed by atoms with Gasteiger partial charge in [-0.15, -0.1) is 0 Å². The number of hydrogen-bond acceptors (Lipinski definition) is 3. The number of benzene rings is 2. The second-order valence-electron chi connectivity index (χ2n) is 4.18. The highest BCUT2D eigenvalue weighted by molar-refractivity contribution is 5.74. The van der Waals surface area contributed by atoms with Crippen LogP contribution in [0.2, 0.25) is 0 Å². The molecule has 4 heteroatoms. The Morgan fingerprint density at radius 1 is 1.10 bits per heavy atom. The Kier molecular flexibility index (Phi) is 4.71. The van der Waals surface area contributed by atoms with Crippen molar-refractivity contribution in [2.45, 2.75) is 13.3 Å². The molecule has 0 aliphatic heterocycles. The van der Waals surface area contributed by atoms with E-state index in [0.717, 1.165) is 12.0 Å². The molecule has 0 saturated heterocycles. The first-order valence-electron chi connectivity index (χ1n) is 6.36. The number of aryl methyl sites for hydroxylation is 1. The van der Waals surface area contributed by atoms with E-state index in [-0.39, 0.29) is 12.4 Å². The Morgan fingerprint density at radius 2 is 1.80 bits per heavy atom. The molecule has 0 N–H and O–H groups in total. The lowest BCUT2D eigenvalue weighted by atomic mass is 10.1. The van der Waals surface area contributed by atoms with Crippen molar-refractivity contribution in [2.75, 3.05) is 6.61 Å². The molecule has 2 aromatic carbocycles. The van der Waals surface area contributed by atoms with Crippen molar-refractivity contribution in [3.8, 4) is 11.5 Å². The van der Waals surface area contributed by atoms with Gasteiger partial charge in [-0.2, -0.15) is 0 Å². The molecule has 0 radical (unpaired) electrons. The Labute approximate surface area is 117 Å². The maximum absolute atomic E-state index is 12.7. The van der Waals surface area contributed by atoms with E-state index in [0.29, 0.717) is 11.5 Å². The van der Waals surface area contributed by atoms with Gasteiger partial charge in [-0.05, 0) is 42.3 Å². The summed E-state index contributed by atoms with van der Waals surface area (Å²) in [5, 5.41) is 0. The van der Waals surface area contributed by atoms with Gasteiger partial charge in [-0.3, -0.25) is 0 Å². The quantitative estimate of drug-likeness (QED) is 0.619. The van der Waals surface area contributed by atoms with E-state index in [9.17, 15) is 9.18 Å². The van der Waals surface area contributed by atoms with Crippen LogP contribution >= 0.6 is 0 Å². The number of ether oxygens (including phenoxy) is 2. The molecule has 0 heterocycles. The summed E-state index contributed by atoms with van der Waals surface area (Å²) < 4.78 is 23.2. The Hall–Kier alpha value is -2.36. The summed E-state index contributed by atoms with van der Waals surface area (Å²) in [6.07, 6.45) is 0.823. The van der Waals surface area contributed by atoms with Crippen LogP contribution in [0.5, 0.6) is 11.5 Å². The first-order valence-corrected chi connectivity index (χ1v) is 6.36. The van der Waals surface area contributed by atoms with Crippen LogP contribution in [0.15, 0.2) is 48.5 Å². The molecule has 0 atom stereocenters. The molecular formula is C16H15FO3. The van der Waals surface area contributed by atoms with Gasteiger partial charge >= 0.3 is 5.97 Å². The molecule has 0 fully saturated rings. The third kappa shape index (κ3) is 3.82. The zero-order chi connectivity index (χ0) is 14.4. The van der Waals surface area contributed by atoms with Gasteiger partial charge in [-0.1, -0.05) is 25.1 Å². The maximum Gasteiger partial charge on any atom is 0.349 e. The molecule has 0 aliphatic rings. The normalized spacial score (nSPS) is 10.1. The van der Waals surface area contributed by atoms with Gasteiger partial charge in [0.15, 0.2) is 6.61 Å². The summed E-state index contributed by atoms with van der Waals surface area (Å²) in [7, 11) is 0. The molecule has 0 bridgehead atoms. The van der Waals surface area contributed by atoms with E-state index < -0.39 is 5.97 Å². The van der Waals surface area contributed by atoms with E-state index in [4.69, 9.17) is 9.47 Å². The minimum absolute atomic E-state index is 0.186. The van der Waals surface area contributed by atoms with Gasteiger partial charge in [-0.25, -0.2) is 9.18 Å². The van der Waals surface area contributed by atoms with E-state index in [1.165, 1.54) is 24.3 Å². The zero-order valence-corrected chi connectivity index (χ0v) is 11.1. The van der Waals surface area contributed by atoms with Crippen LogP contribution in [0.4, 0.5) is 4.39 Å². The summed E-state index contributed by atoms with van der Waals surface area (Å²) in [6, 6.07) is 12.8. The van der Waals surface area contributed by atoms with Gasteiger partial charge in [0.1, 0.15) is 17.3 Å². The minimum atomic E-state index is -0.525.